The van der Waals surface area contributed by atoms with Crippen LogP contribution in [0, 0.1) is 44.5 Å². The molecule has 0 aliphatic rings. The molecule has 1 radical (unpaired) electrons. The Balaban J connectivity index is 0.000000549. The van der Waals surface area contributed by atoms with E-state index >= 15 is 0 Å². The molecule has 0 aliphatic heterocycles. The van der Waals surface area contributed by atoms with Gasteiger partial charge in [0.2, 0.25) is 0 Å². The van der Waals surface area contributed by atoms with Gasteiger partial charge in [0, 0.05) is 22.2 Å². The molecule has 0 saturated heterocycles. The molecule has 0 spiro atoms. The van der Waals surface area contributed by atoms with Gasteiger partial charge in [-0.1, -0.05) is 24.3 Å². The summed E-state index contributed by atoms with van der Waals surface area (Å²) in [6.45, 7) is 4.02. The SMILES string of the molecule is Cc1ccc2ccc3ccc(C)nc3c2n1.O=[N+]([O-])[O-].O=[N+]([O-])[O-].[Cu+2]. The van der Waals surface area contributed by atoms with E-state index in [4.69, 9.17) is 30.6 Å². The fourth-order valence-electron chi connectivity index (χ4n) is 1.96. The Hall–Kier alpha value is -3.04. The van der Waals surface area contributed by atoms with E-state index in [-0.39, 0.29) is 17.1 Å². The van der Waals surface area contributed by atoms with Crippen molar-refractivity contribution in [2.24, 2.45) is 0 Å². The average molecular weight is 396 g/mol. The Morgan fingerprint density at radius 2 is 0.920 bits per heavy atom. The van der Waals surface area contributed by atoms with E-state index in [0.29, 0.717) is 0 Å². The molecule has 0 bridgehead atoms. The predicted molar refractivity (Wildman–Crippen MR) is 87.2 cm³/mol. The number of aryl methyl sites for hydroxylation is 2. The zero-order valence-electron chi connectivity index (χ0n) is 13.0. The van der Waals surface area contributed by atoms with Gasteiger partial charge in [0.15, 0.2) is 0 Å². The molecule has 0 aliphatic carbocycles. The van der Waals surface area contributed by atoms with Gasteiger partial charge >= 0.3 is 17.1 Å². The van der Waals surface area contributed by atoms with Crippen molar-refractivity contribution in [1.82, 2.24) is 9.97 Å². The summed E-state index contributed by atoms with van der Waals surface area (Å²) in [6.07, 6.45) is 0. The maximum atomic E-state index is 8.25. The summed E-state index contributed by atoms with van der Waals surface area (Å²) >= 11 is 0. The monoisotopic (exact) mass is 395 g/mol. The Bertz CT molecular complexity index is 809. The van der Waals surface area contributed by atoms with Crippen molar-refractivity contribution in [1.29, 1.82) is 0 Å². The van der Waals surface area contributed by atoms with Crippen LogP contribution in [0.4, 0.5) is 0 Å². The molecule has 0 saturated carbocycles. The average Bonchev–Trinajstić information content (AvgIpc) is 2.46. The van der Waals surface area contributed by atoms with Crippen molar-refractivity contribution in [2.75, 3.05) is 0 Å². The minimum atomic E-state index is -1.75. The second-order valence-electron chi connectivity index (χ2n) is 4.56. The molecule has 0 fully saturated rings. The van der Waals surface area contributed by atoms with Crippen LogP contribution in [-0.2, 0) is 17.1 Å². The van der Waals surface area contributed by atoms with E-state index in [1.54, 1.807) is 0 Å². The maximum Gasteiger partial charge on any atom is 2.00 e. The van der Waals surface area contributed by atoms with E-state index in [2.05, 4.69) is 34.2 Å². The minimum Gasteiger partial charge on any atom is -0.356 e. The van der Waals surface area contributed by atoms with E-state index < -0.39 is 10.2 Å². The zero-order valence-corrected chi connectivity index (χ0v) is 13.9. The normalized spacial score (nSPS) is 9.04. The molecule has 135 valence electrons. The summed E-state index contributed by atoms with van der Waals surface area (Å²) in [6, 6.07) is 12.5. The number of pyridine rings is 2. The van der Waals surface area contributed by atoms with Crippen LogP contribution in [0.1, 0.15) is 11.4 Å². The van der Waals surface area contributed by atoms with Crippen molar-refractivity contribution < 1.29 is 27.2 Å². The van der Waals surface area contributed by atoms with E-state index in [0.717, 1.165) is 33.2 Å². The molecule has 25 heavy (non-hydrogen) atoms. The van der Waals surface area contributed by atoms with Crippen LogP contribution in [-0.4, -0.2) is 20.1 Å². The van der Waals surface area contributed by atoms with Crippen LogP contribution in [0.2, 0.25) is 0 Å². The first kappa shape index (κ1) is 22.0. The van der Waals surface area contributed by atoms with Crippen LogP contribution < -0.4 is 0 Å². The first-order chi connectivity index (χ1) is 11.2. The molecule has 2 aromatic heterocycles. The largest absolute Gasteiger partial charge is 2.00 e. The topological polar surface area (TPSA) is 158 Å². The number of aromatic nitrogens is 2. The number of hydrogen-bond donors (Lipinski definition) is 0. The van der Waals surface area contributed by atoms with Gasteiger partial charge < -0.3 is 30.6 Å². The third-order valence-electron chi connectivity index (χ3n) is 2.80. The van der Waals surface area contributed by atoms with E-state index in [1.807, 2.05) is 26.0 Å². The third kappa shape index (κ3) is 7.38. The van der Waals surface area contributed by atoms with Gasteiger partial charge in [-0.25, -0.2) is 0 Å². The van der Waals surface area contributed by atoms with Gasteiger partial charge in [0.25, 0.3) is 0 Å². The molecule has 0 unspecified atom stereocenters. The molecule has 0 atom stereocenters. The Kier molecular flexibility index (Phi) is 8.75. The van der Waals surface area contributed by atoms with Crippen molar-refractivity contribution in [3.8, 4) is 0 Å². The van der Waals surface area contributed by atoms with Gasteiger partial charge in [-0.2, -0.15) is 0 Å². The Morgan fingerprint density at radius 3 is 1.20 bits per heavy atom. The van der Waals surface area contributed by atoms with Gasteiger partial charge in [-0.15, -0.1) is 0 Å². The predicted octanol–water partition coefficient (Wildman–Crippen LogP) is 2.92. The summed E-state index contributed by atoms with van der Waals surface area (Å²) < 4.78 is 0. The summed E-state index contributed by atoms with van der Waals surface area (Å²) in [5, 5.41) is 31.8. The van der Waals surface area contributed by atoms with Crippen LogP contribution >= 0.6 is 0 Å². The number of benzene rings is 1. The quantitative estimate of drug-likeness (QED) is 0.243. The third-order valence-corrected chi connectivity index (χ3v) is 2.80. The Morgan fingerprint density at radius 1 is 0.680 bits per heavy atom. The number of nitrogens with zero attached hydrogens (tertiary/aromatic N) is 4. The second kappa shape index (κ2) is 9.96. The zero-order chi connectivity index (χ0) is 18.3. The van der Waals surface area contributed by atoms with Gasteiger partial charge in [0.1, 0.15) is 0 Å². The van der Waals surface area contributed by atoms with Crippen molar-refractivity contribution in [3.63, 3.8) is 0 Å². The molecule has 0 N–H and O–H groups in total. The first-order valence-corrected chi connectivity index (χ1v) is 6.47. The number of hydrogen-bond acceptors (Lipinski definition) is 8. The van der Waals surface area contributed by atoms with Crippen molar-refractivity contribution >= 4 is 21.8 Å². The van der Waals surface area contributed by atoms with E-state index in [1.165, 1.54) is 0 Å². The smallest absolute Gasteiger partial charge is 0.356 e. The van der Waals surface area contributed by atoms with Crippen LogP contribution in [0.3, 0.4) is 0 Å². The molecule has 3 aromatic rings. The second-order valence-corrected chi connectivity index (χ2v) is 4.56. The van der Waals surface area contributed by atoms with Crippen LogP contribution in [0.15, 0.2) is 36.4 Å². The van der Waals surface area contributed by atoms with Crippen molar-refractivity contribution in [2.45, 2.75) is 13.8 Å². The standard InChI is InChI=1S/C14H12N2.Cu.2NO3/c1-9-3-5-11-7-8-12-6-4-10(2)16-14(12)13(11)15-9;;2*2-1(3)4/h3-8H,1-2H3;;;/q;+2;2*-1. The molecular weight excluding hydrogens is 384 g/mol. The first-order valence-electron chi connectivity index (χ1n) is 6.47. The minimum absolute atomic E-state index is 0. The maximum absolute atomic E-state index is 8.25. The molecule has 10 nitrogen and oxygen atoms in total. The van der Waals surface area contributed by atoms with Crippen LogP contribution in [0.25, 0.3) is 21.8 Å². The molecular formula is C14H12CuN4O6. The van der Waals surface area contributed by atoms with Gasteiger partial charge in [-0.05, 0) is 26.0 Å². The molecule has 1 aromatic carbocycles. The van der Waals surface area contributed by atoms with E-state index in [9.17, 15) is 0 Å². The Labute approximate surface area is 151 Å². The number of rotatable bonds is 0. The summed E-state index contributed by atoms with van der Waals surface area (Å²) in [5.41, 5.74) is 4.06. The number of fused-ring (bicyclic) bond motifs is 3. The van der Waals surface area contributed by atoms with Gasteiger partial charge in [-0.3, -0.25) is 9.97 Å². The fourth-order valence-corrected chi connectivity index (χ4v) is 1.96. The fraction of sp³-hybridized carbons (Fsp3) is 0.143. The van der Waals surface area contributed by atoms with Crippen LogP contribution in [0.5, 0.6) is 0 Å². The molecule has 0 amide bonds. The van der Waals surface area contributed by atoms with Crippen molar-refractivity contribution in [3.05, 3.63) is 78.4 Å². The summed E-state index contributed by atoms with van der Waals surface area (Å²) in [5.74, 6) is 0. The summed E-state index contributed by atoms with van der Waals surface area (Å²) in [4.78, 5) is 25.7. The molecule has 3 rings (SSSR count). The molecule has 2 heterocycles. The molecule has 11 heteroatoms. The van der Waals surface area contributed by atoms with Gasteiger partial charge in [0.05, 0.1) is 21.2 Å². The summed E-state index contributed by atoms with van der Waals surface area (Å²) in [7, 11) is 0.